The van der Waals surface area contributed by atoms with Gasteiger partial charge in [0.15, 0.2) is 5.82 Å². The summed E-state index contributed by atoms with van der Waals surface area (Å²) < 4.78 is 12.7. The Morgan fingerprint density at radius 3 is 2.77 bits per heavy atom. The summed E-state index contributed by atoms with van der Waals surface area (Å²) >= 11 is 0. The smallest absolute Gasteiger partial charge is 0.252 e. The van der Waals surface area contributed by atoms with Crippen LogP contribution in [-0.4, -0.2) is 43.2 Å². The van der Waals surface area contributed by atoms with Gasteiger partial charge in [-0.25, -0.2) is 4.68 Å². The van der Waals surface area contributed by atoms with Crippen molar-refractivity contribution >= 4 is 10.9 Å². The second kappa shape index (κ2) is 10.0. The number of hydrogen-bond acceptors (Lipinski definition) is 7. The van der Waals surface area contributed by atoms with Crippen LogP contribution in [0.5, 0.6) is 5.75 Å². The van der Waals surface area contributed by atoms with Crippen molar-refractivity contribution in [3.8, 4) is 5.75 Å². The van der Waals surface area contributed by atoms with Crippen molar-refractivity contribution in [2.24, 2.45) is 5.92 Å². The number of fused-ring (bicyclic) bond motifs is 1. The van der Waals surface area contributed by atoms with Gasteiger partial charge < -0.3 is 14.1 Å². The molecular formula is C26H32N6O3. The predicted molar refractivity (Wildman–Crippen MR) is 132 cm³/mol. The van der Waals surface area contributed by atoms with Crippen molar-refractivity contribution in [2.75, 3.05) is 7.11 Å². The van der Waals surface area contributed by atoms with Crippen molar-refractivity contribution in [1.29, 1.82) is 0 Å². The number of rotatable bonds is 9. The van der Waals surface area contributed by atoms with Crippen molar-refractivity contribution in [2.45, 2.75) is 64.7 Å². The number of H-pyrrole nitrogens is 1. The first kappa shape index (κ1) is 23.3. The number of ether oxygens (including phenoxy) is 1. The zero-order chi connectivity index (χ0) is 24.4. The van der Waals surface area contributed by atoms with Gasteiger partial charge in [0.1, 0.15) is 18.1 Å². The molecule has 0 aliphatic heterocycles. The highest BCUT2D eigenvalue weighted by atomic mass is 16.5. The average molecular weight is 477 g/mol. The molecule has 1 N–H and O–H groups in total. The van der Waals surface area contributed by atoms with E-state index in [-0.39, 0.29) is 17.5 Å². The molecule has 1 aliphatic carbocycles. The lowest BCUT2D eigenvalue weighted by atomic mass is 9.97. The molecule has 1 aromatic carbocycles. The fourth-order valence-corrected chi connectivity index (χ4v) is 5.27. The minimum Gasteiger partial charge on any atom is -0.497 e. The number of nitrogens with one attached hydrogen (secondary N) is 1. The first-order chi connectivity index (χ1) is 17.0. The Morgan fingerprint density at radius 1 is 1.23 bits per heavy atom. The molecule has 184 valence electrons. The average Bonchev–Trinajstić information content (AvgIpc) is 3.63. The van der Waals surface area contributed by atoms with E-state index in [9.17, 15) is 4.79 Å². The zero-order valence-electron chi connectivity index (χ0n) is 20.5. The number of benzene rings is 1. The monoisotopic (exact) mass is 476 g/mol. The van der Waals surface area contributed by atoms with Crippen LogP contribution in [0.1, 0.15) is 62.7 Å². The molecule has 4 aromatic rings. The van der Waals surface area contributed by atoms with Crippen LogP contribution in [0.25, 0.3) is 10.9 Å². The summed E-state index contributed by atoms with van der Waals surface area (Å²) in [7, 11) is 1.62. The quantitative estimate of drug-likeness (QED) is 0.384. The number of pyridine rings is 1. The Bertz CT molecular complexity index is 1320. The fourth-order valence-electron chi connectivity index (χ4n) is 5.27. The molecule has 1 atom stereocenters. The van der Waals surface area contributed by atoms with Crippen LogP contribution >= 0.6 is 0 Å². The van der Waals surface area contributed by atoms with Crippen LogP contribution < -0.4 is 10.3 Å². The lowest BCUT2D eigenvalue weighted by molar-refractivity contribution is 0.0842. The largest absolute Gasteiger partial charge is 0.497 e. The second-order valence-electron chi connectivity index (χ2n) is 9.65. The molecule has 5 rings (SSSR count). The van der Waals surface area contributed by atoms with E-state index in [1.807, 2.05) is 41.1 Å². The van der Waals surface area contributed by atoms with E-state index in [2.05, 4.69) is 39.3 Å². The third-order valence-corrected chi connectivity index (χ3v) is 6.98. The number of nitrogens with zero attached hydrogens (tertiary/aromatic N) is 5. The van der Waals surface area contributed by atoms with Crippen LogP contribution in [0.15, 0.2) is 51.9 Å². The van der Waals surface area contributed by atoms with Gasteiger partial charge in [0.25, 0.3) is 5.56 Å². The molecule has 35 heavy (non-hydrogen) atoms. The maximum atomic E-state index is 13.2. The van der Waals surface area contributed by atoms with Crippen LogP contribution in [-0.2, 0) is 13.1 Å². The Hall–Kier alpha value is -3.46. The third kappa shape index (κ3) is 4.86. The minimum atomic E-state index is -0.0774. The summed E-state index contributed by atoms with van der Waals surface area (Å²) in [6.45, 7) is 5.37. The first-order valence-corrected chi connectivity index (χ1v) is 12.3. The summed E-state index contributed by atoms with van der Waals surface area (Å²) in [5.41, 5.74) is 1.44. The van der Waals surface area contributed by atoms with E-state index in [1.54, 1.807) is 13.4 Å². The molecule has 0 spiro atoms. The van der Waals surface area contributed by atoms with E-state index >= 15 is 0 Å². The highest BCUT2D eigenvalue weighted by molar-refractivity contribution is 5.80. The molecule has 9 nitrogen and oxygen atoms in total. The molecule has 3 aromatic heterocycles. The lowest BCUT2D eigenvalue weighted by Crippen LogP contribution is -2.41. The van der Waals surface area contributed by atoms with Gasteiger partial charge in [-0.15, -0.1) is 5.10 Å². The van der Waals surface area contributed by atoms with Crippen LogP contribution in [0, 0.1) is 5.92 Å². The summed E-state index contributed by atoms with van der Waals surface area (Å²) in [6.07, 6.45) is 6.25. The molecule has 3 heterocycles. The summed E-state index contributed by atoms with van der Waals surface area (Å²) in [4.78, 5) is 18.7. The molecule has 1 aliphatic rings. The normalized spacial score (nSPS) is 15.5. The first-order valence-electron chi connectivity index (χ1n) is 12.3. The van der Waals surface area contributed by atoms with Crippen molar-refractivity contribution in [1.82, 2.24) is 30.1 Å². The molecule has 1 fully saturated rings. The number of furan rings is 1. The summed E-state index contributed by atoms with van der Waals surface area (Å²) in [5, 5.41) is 13.7. The highest BCUT2D eigenvalue weighted by Gasteiger charge is 2.35. The number of methoxy groups -OCH3 is 1. The summed E-state index contributed by atoms with van der Waals surface area (Å²) in [6, 6.07) is 11.9. The number of hydrogen-bond donors (Lipinski definition) is 1. The van der Waals surface area contributed by atoms with Gasteiger partial charge in [0.2, 0.25) is 0 Å². The number of aromatic nitrogens is 5. The van der Waals surface area contributed by atoms with Crippen LogP contribution in [0.3, 0.4) is 0 Å². The molecule has 1 saturated carbocycles. The standard InChI is InChI=1S/C26H32N6O3/c1-17(2)24(25-28-29-30-32(25)16-22-9-6-12-35-22)31(20-7-4-5-8-20)15-19-13-18-10-11-21(34-3)14-23(18)27-26(19)33/h6,9-14,17,20,24H,4-5,7-8,15-16H2,1-3H3,(H,27,33)/t24-/m1/s1. The van der Waals surface area contributed by atoms with E-state index < -0.39 is 0 Å². The van der Waals surface area contributed by atoms with Gasteiger partial charge in [-0.3, -0.25) is 9.69 Å². The van der Waals surface area contributed by atoms with E-state index in [1.165, 1.54) is 12.8 Å². The molecule has 0 amide bonds. The Balaban J connectivity index is 1.52. The maximum Gasteiger partial charge on any atom is 0.252 e. The zero-order valence-corrected chi connectivity index (χ0v) is 20.5. The minimum absolute atomic E-state index is 0.0472. The molecule has 0 saturated heterocycles. The Labute approximate surface area is 204 Å². The summed E-state index contributed by atoms with van der Waals surface area (Å²) in [5.74, 6) is 2.55. The van der Waals surface area contributed by atoms with Gasteiger partial charge >= 0.3 is 0 Å². The van der Waals surface area contributed by atoms with E-state index in [0.717, 1.165) is 46.6 Å². The van der Waals surface area contributed by atoms with Gasteiger partial charge in [-0.1, -0.05) is 26.7 Å². The second-order valence-corrected chi connectivity index (χ2v) is 9.65. The molecule has 0 bridgehead atoms. The van der Waals surface area contributed by atoms with E-state index in [0.29, 0.717) is 19.1 Å². The number of tetrazole rings is 1. The lowest BCUT2D eigenvalue weighted by Gasteiger charge is -2.37. The fraction of sp³-hybridized carbons (Fsp3) is 0.462. The maximum absolute atomic E-state index is 13.2. The van der Waals surface area contributed by atoms with Crippen molar-refractivity contribution < 1.29 is 9.15 Å². The van der Waals surface area contributed by atoms with Gasteiger partial charge in [-0.05, 0) is 64.9 Å². The SMILES string of the molecule is COc1ccc2cc(CN(C3CCCC3)[C@@H](c3nnnn3Cc3ccco3)C(C)C)c(=O)[nH]c2c1. The van der Waals surface area contributed by atoms with Crippen LogP contribution in [0.2, 0.25) is 0 Å². The topological polar surface area (TPSA) is 102 Å². The van der Waals surface area contributed by atoms with Gasteiger partial charge in [-0.2, -0.15) is 0 Å². The Morgan fingerprint density at radius 2 is 2.06 bits per heavy atom. The molecular weight excluding hydrogens is 444 g/mol. The van der Waals surface area contributed by atoms with Crippen LogP contribution in [0.4, 0.5) is 0 Å². The molecule has 9 heteroatoms. The molecule has 0 radical (unpaired) electrons. The van der Waals surface area contributed by atoms with E-state index in [4.69, 9.17) is 9.15 Å². The predicted octanol–water partition coefficient (Wildman–Crippen LogP) is 4.31. The van der Waals surface area contributed by atoms with Gasteiger partial charge in [0.05, 0.1) is 24.9 Å². The van der Waals surface area contributed by atoms with Crippen molar-refractivity contribution in [3.63, 3.8) is 0 Å². The highest BCUT2D eigenvalue weighted by Crippen LogP contribution is 2.36. The Kier molecular flexibility index (Phi) is 6.68. The molecule has 0 unspecified atom stereocenters. The third-order valence-electron chi connectivity index (χ3n) is 6.98. The van der Waals surface area contributed by atoms with Gasteiger partial charge in [0, 0.05) is 24.2 Å². The van der Waals surface area contributed by atoms with Crippen molar-refractivity contribution in [3.05, 3.63) is 70.2 Å². The number of aromatic amines is 1.